The second-order valence-electron chi connectivity index (χ2n) is 3.49. The van der Waals surface area contributed by atoms with Crippen molar-refractivity contribution < 1.29 is 14.4 Å². The maximum absolute atomic E-state index is 9.60. The third kappa shape index (κ3) is 2.95. The molecular weight excluding hydrogens is 244 g/mol. The third-order valence-corrected chi connectivity index (χ3v) is 2.42. The summed E-state index contributed by atoms with van der Waals surface area (Å²) in [6.07, 6.45) is 0.574. The van der Waals surface area contributed by atoms with Crippen LogP contribution in [0.2, 0.25) is 5.02 Å². The molecular formula is C11H11ClN2O3. The first-order valence-electron chi connectivity index (χ1n) is 5.02. The number of aliphatic hydroxyl groups excluding tert-OH is 1. The zero-order chi connectivity index (χ0) is 12.3. The van der Waals surface area contributed by atoms with Crippen molar-refractivity contribution in [2.24, 2.45) is 0 Å². The lowest BCUT2D eigenvalue weighted by molar-refractivity contribution is 0.189. The third-order valence-electron chi connectivity index (χ3n) is 2.19. The lowest BCUT2D eigenvalue weighted by atomic mass is 10.1. The van der Waals surface area contributed by atoms with Gasteiger partial charge in [0.2, 0.25) is 12.2 Å². The Balaban J connectivity index is 2.14. The zero-order valence-corrected chi connectivity index (χ0v) is 9.89. The number of nitrogens with zero attached hydrogens (tertiary/aromatic N) is 2. The maximum Gasteiger partial charge on any atom is 0.213 e. The van der Waals surface area contributed by atoms with E-state index in [4.69, 9.17) is 16.3 Å². The molecule has 0 fully saturated rings. The van der Waals surface area contributed by atoms with Crippen LogP contribution >= 0.6 is 11.6 Å². The zero-order valence-electron chi connectivity index (χ0n) is 9.13. The molecule has 1 heterocycles. The minimum Gasteiger partial charge on any atom is -0.485 e. The van der Waals surface area contributed by atoms with Crippen LogP contribution < -0.4 is 4.74 Å². The van der Waals surface area contributed by atoms with E-state index >= 15 is 0 Å². The summed E-state index contributed by atoms with van der Waals surface area (Å²) in [4.78, 5) is 3.83. The Kier molecular flexibility index (Phi) is 3.61. The summed E-state index contributed by atoms with van der Waals surface area (Å²) < 4.78 is 10.1. The molecule has 0 aliphatic heterocycles. The molecule has 1 N–H and O–H groups in total. The molecule has 2 rings (SSSR count). The first kappa shape index (κ1) is 11.9. The average Bonchev–Trinajstić information content (AvgIpc) is 2.80. The first-order valence-corrected chi connectivity index (χ1v) is 5.40. The van der Waals surface area contributed by atoms with Crippen molar-refractivity contribution >= 4 is 11.6 Å². The van der Waals surface area contributed by atoms with Crippen LogP contribution in [0.25, 0.3) is 0 Å². The Bertz CT molecular complexity index is 485. The SMILES string of the molecule is C[C@H](O)c1cc(Cl)ccc1OCc1ncon1. The van der Waals surface area contributed by atoms with Gasteiger partial charge in [-0.3, -0.25) is 0 Å². The minimum atomic E-state index is -0.658. The highest BCUT2D eigenvalue weighted by Gasteiger charge is 2.11. The van der Waals surface area contributed by atoms with Crippen LogP contribution in [0.4, 0.5) is 0 Å². The van der Waals surface area contributed by atoms with E-state index in [-0.39, 0.29) is 6.61 Å². The van der Waals surface area contributed by atoms with Crippen LogP contribution in [0, 0.1) is 0 Å². The van der Waals surface area contributed by atoms with Crippen LogP contribution in [0.1, 0.15) is 24.4 Å². The Morgan fingerprint density at radius 2 is 2.35 bits per heavy atom. The molecule has 6 heteroatoms. The molecule has 0 aliphatic rings. The predicted molar refractivity (Wildman–Crippen MR) is 60.7 cm³/mol. The smallest absolute Gasteiger partial charge is 0.213 e. The van der Waals surface area contributed by atoms with Crippen molar-refractivity contribution in [2.75, 3.05) is 0 Å². The minimum absolute atomic E-state index is 0.178. The van der Waals surface area contributed by atoms with Crippen molar-refractivity contribution in [1.29, 1.82) is 0 Å². The molecule has 0 unspecified atom stereocenters. The van der Waals surface area contributed by atoms with E-state index in [1.807, 2.05) is 0 Å². The molecule has 1 aromatic carbocycles. The number of benzene rings is 1. The van der Waals surface area contributed by atoms with Crippen molar-refractivity contribution in [3.05, 3.63) is 41.0 Å². The van der Waals surface area contributed by atoms with Crippen molar-refractivity contribution in [3.8, 4) is 5.75 Å². The standard InChI is InChI=1S/C11H11ClN2O3/c1-7(15)9-4-8(12)2-3-10(9)16-5-11-13-6-17-14-11/h2-4,6-7,15H,5H2,1H3/t7-/m0/s1. The molecule has 0 aliphatic carbocycles. The van der Waals surface area contributed by atoms with E-state index in [1.165, 1.54) is 6.39 Å². The highest BCUT2D eigenvalue weighted by atomic mass is 35.5. The highest BCUT2D eigenvalue weighted by molar-refractivity contribution is 6.30. The van der Waals surface area contributed by atoms with E-state index in [2.05, 4.69) is 14.7 Å². The average molecular weight is 255 g/mol. The van der Waals surface area contributed by atoms with Crippen molar-refractivity contribution in [1.82, 2.24) is 10.1 Å². The quantitative estimate of drug-likeness (QED) is 0.907. The van der Waals surface area contributed by atoms with Crippen LogP contribution in [0.3, 0.4) is 0 Å². The largest absolute Gasteiger partial charge is 0.485 e. The maximum atomic E-state index is 9.60. The fourth-order valence-electron chi connectivity index (χ4n) is 1.38. The van der Waals surface area contributed by atoms with E-state index < -0.39 is 6.10 Å². The number of halogens is 1. The number of hydrogen-bond acceptors (Lipinski definition) is 5. The van der Waals surface area contributed by atoms with Gasteiger partial charge in [-0.1, -0.05) is 16.8 Å². The number of ether oxygens (including phenoxy) is 1. The van der Waals surface area contributed by atoms with Crippen LogP contribution in [0.15, 0.2) is 29.1 Å². The van der Waals surface area contributed by atoms with Gasteiger partial charge in [-0.15, -0.1) is 0 Å². The van der Waals surface area contributed by atoms with E-state index in [9.17, 15) is 5.11 Å². The summed E-state index contributed by atoms with van der Waals surface area (Å²) in [6.45, 7) is 1.82. The summed E-state index contributed by atoms with van der Waals surface area (Å²) in [6, 6.07) is 5.06. The van der Waals surface area contributed by atoms with E-state index in [0.717, 1.165) is 0 Å². The summed E-state index contributed by atoms with van der Waals surface area (Å²) in [5.74, 6) is 0.991. The number of aromatic nitrogens is 2. The number of aliphatic hydroxyl groups is 1. The van der Waals surface area contributed by atoms with Gasteiger partial charge in [-0.25, -0.2) is 0 Å². The molecule has 0 radical (unpaired) electrons. The van der Waals surface area contributed by atoms with Crippen LogP contribution in [-0.2, 0) is 6.61 Å². The highest BCUT2D eigenvalue weighted by Crippen LogP contribution is 2.28. The summed E-state index contributed by atoms with van der Waals surface area (Å²) >= 11 is 5.85. The molecule has 1 aromatic heterocycles. The monoisotopic (exact) mass is 254 g/mol. The Hall–Kier alpha value is -1.59. The van der Waals surface area contributed by atoms with Crippen molar-refractivity contribution in [3.63, 3.8) is 0 Å². The molecule has 0 bridgehead atoms. The van der Waals surface area contributed by atoms with Gasteiger partial charge in [0.25, 0.3) is 0 Å². The van der Waals surface area contributed by atoms with Gasteiger partial charge >= 0.3 is 0 Å². The lowest BCUT2D eigenvalue weighted by Gasteiger charge is -2.12. The van der Waals surface area contributed by atoms with E-state index in [1.54, 1.807) is 25.1 Å². The van der Waals surface area contributed by atoms with E-state index in [0.29, 0.717) is 22.2 Å². The molecule has 17 heavy (non-hydrogen) atoms. The van der Waals surface area contributed by atoms with Crippen molar-refractivity contribution in [2.45, 2.75) is 19.6 Å². The summed E-state index contributed by atoms with van der Waals surface area (Å²) in [5.41, 5.74) is 0.626. The molecule has 0 saturated carbocycles. The van der Waals surface area contributed by atoms with Gasteiger partial charge in [0.05, 0.1) is 6.10 Å². The normalized spacial score (nSPS) is 12.4. The second kappa shape index (κ2) is 5.16. The number of rotatable bonds is 4. The first-order chi connectivity index (χ1) is 8.16. The summed E-state index contributed by atoms with van der Waals surface area (Å²) in [5, 5.41) is 13.8. The van der Waals surface area contributed by atoms with Crippen LogP contribution in [-0.4, -0.2) is 15.2 Å². The molecule has 5 nitrogen and oxygen atoms in total. The van der Waals surface area contributed by atoms with Gasteiger partial charge in [-0.05, 0) is 25.1 Å². The predicted octanol–water partition coefficient (Wildman–Crippen LogP) is 2.36. The molecule has 2 aromatic rings. The van der Waals surface area contributed by atoms with Gasteiger partial charge < -0.3 is 14.4 Å². The van der Waals surface area contributed by atoms with Crippen LogP contribution in [0.5, 0.6) is 5.75 Å². The fraction of sp³-hybridized carbons (Fsp3) is 0.273. The molecule has 1 atom stereocenters. The molecule has 0 spiro atoms. The van der Waals surface area contributed by atoms with Gasteiger partial charge in [-0.2, -0.15) is 4.98 Å². The molecule has 0 amide bonds. The number of hydrogen-bond donors (Lipinski definition) is 1. The van der Waals surface area contributed by atoms with Gasteiger partial charge in [0.1, 0.15) is 5.75 Å². The van der Waals surface area contributed by atoms with Gasteiger partial charge in [0.15, 0.2) is 6.61 Å². The topological polar surface area (TPSA) is 68.4 Å². The lowest BCUT2D eigenvalue weighted by Crippen LogP contribution is -2.02. The Morgan fingerprint density at radius 1 is 1.53 bits per heavy atom. The Labute approximate surface area is 103 Å². The Morgan fingerprint density at radius 3 is 3.00 bits per heavy atom. The summed E-state index contributed by atoms with van der Waals surface area (Å²) in [7, 11) is 0. The van der Waals surface area contributed by atoms with Gasteiger partial charge in [0, 0.05) is 10.6 Å². The fourth-order valence-corrected chi connectivity index (χ4v) is 1.56. The second-order valence-corrected chi connectivity index (χ2v) is 3.93. The molecule has 90 valence electrons. The molecule has 0 saturated heterocycles.